The number of hydrogen-bond acceptors (Lipinski definition) is 5. The van der Waals surface area contributed by atoms with E-state index in [4.69, 9.17) is 9.15 Å². The van der Waals surface area contributed by atoms with Gasteiger partial charge in [0, 0.05) is 13.7 Å². The van der Waals surface area contributed by atoms with Crippen LogP contribution in [0.5, 0.6) is 0 Å². The van der Waals surface area contributed by atoms with Crippen molar-refractivity contribution in [1.82, 2.24) is 10.0 Å². The summed E-state index contributed by atoms with van der Waals surface area (Å²) in [5.41, 5.74) is 0. The van der Waals surface area contributed by atoms with Crippen molar-refractivity contribution in [3.05, 3.63) is 17.9 Å². The van der Waals surface area contributed by atoms with Crippen molar-refractivity contribution in [3.63, 3.8) is 0 Å². The molecule has 7 heteroatoms. The van der Waals surface area contributed by atoms with E-state index in [0.717, 1.165) is 13.0 Å². The van der Waals surface area contributed by atoms with Gasteiger partial charge in [-0.05, 0) is 25.1 Å². The van der Waals surface area contributed by atoms with Crippen molar-refractivity contribution in [2.45, 2.75) is 25.0 Å². The van der Waals surface area contributed by atoms with Gasteiger partial charge < -0.3 is 14.5 Å². The molecule has 1 rings (SSSR count). The fourth-order valence-corrected chi connectivity index (χ4v) is 2.29. The molecule has 0 aliphatic rings. The minimum absolute atomic E-state index is 0.0631. The van der Waals surface area contributed by atoms with Gasteiger partial charge in [0.2, 0.25) is 5.09 Å². The second-order valence-electron chi connectivity index (χ2n) is 3.79. The Morgan fingerprint density at radius 1 is 1.33 bits per heavy atom. The van der Waals surface area contributed by atoms with Gasteiger partial charge in [0.25, 0.3) is 10.0 Å². The van der Waals surface area contributed by atoms with Crippen molar-refractivity contribution in [2.75, 3.05) is 26.8 Å². The van der Waals surface area contributed by atoms with Crippen LogP contribution in [-0.2, 0) is 21.3 Å². The van der Waals surface area contributed by atoms with Crippen LogP contribution in [0, 0.1) is 0 Å². The van der Waals surface area contributed by atoms with E-state index in [1.165, 1.54) is 13.2 Å². The van der Waals surface area contributed by atoms with E-state index in [1.54, 1.807) is 6.07 Å². The second-order valence-corrected chi connectivity index (χ2v) is 5.49. The summed E-state index contributed by atoms with van der Waals surface area (Å²) in [5.74, 6) is 0.607. The third-order valence-electron chi connectivity index (χ3n) is 2.23. The summed E-state index contributed by atoms with van der Waals surface area (Å²) >= 11 is 0. The van der Waals surface area contributed by atoms with Crippen LogP contribution in [0.4, 0.5) is 0 Å². The van der Waals surface area contributed by atoms with Gasteiger partial charge >= 0.3 is 0 Å². The number of hydrogen-bond donors (Lipinski definition) is 2. The first kappa shape index (κ1) is 15.2. The van der Waals surface area contributed by atoms with Gasteiger partial charge in [0.1, 0.15) is 5.76 Å². The Hall–Kier alpha value is -0.890. The number of methoxy groups -OCH3 is 1. The molecule has 1 heterocycles. The molecule has 0 amide bonds. The Kier molecular flexibility index (Phi) is 6.34. The summed E-state index contributed by atoms with van der Waals surface area (Å²) < 4.78 is 36.0. The standard InChI is InChI=1S/C11H20N2O4S/c1-3-6-12-9-10-4-5-11(17-10)18(14,15)13-7-8-16-2/h4-5,12-13H,3,6-9H2,1-2H3. The summed E-state index contributed by atoms with van der Waals surface area (Å²) in [6, 6.07) is 3.12. The fraction of sp³-hybridized carbons (Fsp3) is 0.636. The zero-order chi connectivity index (χ0) is 13.4. The molecule has 0 unspecified atom stereocenters. The molecular formula is C11H20N2O4S. The lowest BCUT2D eigenvalue weighted by molar-refractivity contribution is 0.204. The average molecular weight is 276 g/mol. The third kappa shape index (κ3) is 4.77. The van der Waals surface area contributed by atoms with Crippen molar-refractivity contribution in [3.8, 4) is 0 Å². The summed E-state index contributed by atoms with van der Waals surface area (Å²) in [7, 11) is -2.05. The highest BCUT2D eigenvalue weighted by atomic mass is 32.2. The van der Waals surface area contributed by atoms with Gasteiger partial charge in [-0.2, -0.15) is 0 Å². The maximum atomic E-state index is 11.8. The highest BCUT2D eigenvalue weighted by Crippen LogP contribution is 2.13. The van der Waals surface area contributed by atoms with Crippen LogP contribution in [0.25, 0.3) is 0 Å². The quantitative estimate of drug-likeness (QED) is 0.649. The maximum Gasteiger partial charge on any atom is 0.274 e. The topological polar surface area (TPSA) is 80.6 Å². The van der Waals surface area contributed by atoms with Crippen LogP contribution in [0.3, 0.4) is 0 Å². The van der Waals surface area contributed by atoms with Gasteiger partial charge in [-0.15, -0.1) is 0 Å². The van der Waals surface area contributed by atoms with E-state index >= 15 is 0 Å². The van der Waals surface area contributed by atoms with E-state index in [9.17, 15) is 8.42 Å². The Bertz CT molecular complexity index is 442. The molecule has 104 valence electrons. The van der Waals surface area contributed by atoms with E-state index < -0.39 is 10.0 Å². The van der Waals surface area contributed by atoms with Crippen molar-refractivity contribution in [2.24, 2.45) is 0 Å². The summed E-state index contributed by atoms with van der Waals surface area (Å²) in [6.45, 7) is 4.01. The Labute approximate surface area is 108 Å². The summed E-state index contributed by atoms with van der Waals surface area (Å²) in [6.07, 6.45) is 1.02. The van der Waals surface area contributed by atoms with Crippen molar-refractivity contribution < 1.29 is 17.6 Å². The van der Waals surface area contributed by atoms with Crippen molar-refractivity contribution in [1.29, 1.82) is 0 Å². The van der Waals surface area contributed by atoms with Crippen LogP contribution in [-0.4, -0.2) is 35.2 Å². The van der Waals surface area contributed by atoms with Gasteiger partial charge in [0.15, 0.2) is 0 Å². The fourth-order valence-electron chi connectivity index (χ4n) is 1.34. The smallest absolute Gasteiger partial charge is 0.274 e. The number of sulfonamides is 1. The van der Waals surface area contributed by atoms with E-state index in [-0.39, 0.29) is 11.6 Å². The van der Waals surface area contributed by atoms with Crippen molar-refractivity contribution >= 4 is 10.0 Å². The normalized spacial score (nSPS) is 11.9. The lowest BCUT2D eigenvalue weighted by Gasteiger charge is -2.03. The SMILES string of the molecule is CCCNCc1ccc(S(=O)(=O)NCCOC)o1. The Morgan fingerprint density at radius 3 is 2.78 bits per heavy atom. The highest BCUT2D eigenvalue weighted by Gasteiger charge is 2.17. The molecular weight excluding hydrogens is 256 g/mol. The molecule has 0 aliphatic heterocycles. The summed E-state index contributed by atoms with van der Waals surface area (Å²) in [4.78, 5) is 0. The molecule has 0 bridgehead atoms. The van der Waals surface area contributed by atoms with E-state index in [0.29, 0.717) is 18.9 Å². The maximum absolute atomic E-state index is 11.8. The molecule has 2 N–H and O–H groups in total. The first-order valence-electron chi connectivity index (χ1n) is 5.88. The molecule has 0 atom stereocenters. The summed E-state index contributed by atoms with van der Waals surface area (Å²) in [5, 5.41) is 3.08. The largest absolute Gasteiger partial charge is 0.447 e. The zero-order valence-corrected chi connectivity index (χ0v) is 11.5. The molecule has 0 fully saturated rings. The molecule has 0 aromatic carbocycles. The number of ether oxygens (including phenoxy) is 1. The molecule has 0 aliphatic carbocycles. The van der Waals surface area contributed by atoms with E-state index in [2.05, 4.69) is 17.0 Å². The molecule has 0 spiro atoms. The lowest BCUT2D eigenvalue weighted by Crippen LogP contribution is -2.26. The van der Waals surface area contributed by atoms with Gasteiger partial charge in [0.05, 0.1) is 13.2 Å². The number of rotatable bonds is 9. The second kappa shape index (κ2) is 7.52. The first-order valence-corrected chi connectivity index (χ1v) is 7.36. The van der Waals surface area contributed by atoms with E-state index in [1.807, 2.05) is 0 Å². The Balaban J connectivity index is 2.55. The van der Waals surface area contributed by atoms with Gasteiger partial charge in [-0.1, -0.05) is 6.92 Å². The predicted octanol–water partition coefficient (Wildman–Crippen LogP) is 0.704. The third-order valence-corrected chi connectivity index (χ3v) is 3.56. The zero-order valence-electron chi connectivity index (χ0n) is 10.7. The molecule has 0 radical (unpaired) electrons. The Morgan fingerprint density at radius 2 is 2.11 bits per heavy atom. The molecule has 0 saturated heterocycles. The highest BCUT2D eigenvalue weighted by molar-refractivity contribution is 7.89. The lowest BCUT2D eigenvalue weighted by atomic mass is 10.4. The molecule has 0 saturated carbocycles. The molecule has 1 aromatic rings. The van der Waals surface area contributed by atoms with Crippen LogP contribution in [0.2, 0.25) is 0 Å². The van der Waals surface area contributed by atoms with Gasteiger partial charge in [-0.25, -0.2) is 13.1 Å². The minimum atomic E-state index is -3.57. The van der Waals surface area contributed by atoms with Gasteiger partial charge in [-0.3, -0.25) is 0 Å². The average Bonchev–Trinajstić information content (AvgIpc) is 2.79. The number of furan rings is 1. The molecule has 18 heavy (non-hydrogen) atoms. The predicted molar refractivity (Wildman–Crippen MR) is 67.8 cm³/mol. The first-order chi connectivity index (χ1) is 8.60. The molecule has 6 nitrogen and oxygen atoms in total. The van der Waals surface area contributed by atoms with Crippen LogP contribution >= 0.6 is 0 Å². The minimum Gasteiger partial charge on any atom is -0.447 e. The van der Waals surface area contributed by atoms with Crippen LogP contribution < -0.4 is 10.0 Å². The monoisotopic (exact) mass is 276 g/mol. The number of nitrogens with one attached hydrogen (secondary N) is 2. The van der Waals surface area contributed by atoms with Crippen LogP contribution in [0.15, 0.2) is 21.6 Å². The van der Waals surface area contributed by atoms with Crippen LogP contribution in [0.1, 0.15) is 19.1 Å². The molecule has 1 aromatic heterocycles.